The number of piperidine rings is 1. The topological polar surface area (TPSA) is 87.5 Å². The van der Waals surface area contributed by atoms with Gasteiger partial charge in [-0.3, -0.25) is 9.59 Å². The van der Waals surface area contributed by atoms with Gasteiger partial charge in [0.15, 0.2) is 0 Å². The molecule has 4 rings (SSSR count). The molecule has 28 heavy (non-hydrogen) atoms. The van der Waals surface area contributed by atoms with E-state index in [0.717, 1.165) is 32.4 Å². The van der Waals surface area contributed by atoms with Crippen LogP contribution >= 0.6 is 0 Å². The van der Waals surface area contributed by atoms with Crippen LogP contribution in [0.5, 0.6) is 0 Å². The molecule has 2 heterocycles. The highest BCUT2D eigenvalue weighted by molar-refractivity contribution is 5.85. The van der Waals surface area contributed by atoms with Crippen molar-refractivity contribution in [2.45, 2.75) is 51.1 Å². The first-order chi connectivity index (χ1) is 13.4. The van der Waals surface area contributed by atoms with E-state index in [2.05, 4.69) is 48.7 Å². The molecule has 1 spiro atoms. The number of nitrogens with one attached hydrogen (secondary N) is 2. The van der Waals surface area contributed by atoms with Crippen molar-refractivity contribution >= 4 is 11.8 Å². The Bertz CT molecular complexity index is 741. The second-order valence-electron chi connectivity index (χ2n) is 9.08. The van der Waals surface area contributed by atoms with Gasteiger partial charge < -0.3 is 21.3 Å². The normalized spacial score (nSPS) is 29.1. The Balaban J connectivity index is 1.53. The summed E-state index contributed by atoms with van der Waals surface area (Å²) < 4.78 is 0. The molecule has 0 aromatic heterocycles. The van der Waals surface area contributed by atoms with E-state index in [4.69, 9.17) is 5.73 Å². The number of nitrogens with two attached hydrogens (primary N) is 1. The van der Waals surface area contributed by atoms with Gasteiger partial charge in [0.1, 0.15) is 0 Å². The number of primary amides is 1. The first kappa shape index (κ1) is 19.4. The van der Waals surface area contributed by atoms with Crippen LogP contribution in [0.2, 0.25) is 0 Å². The van der Waals surface area contributed by atoms with Crippen LogP contribution in [-0.2, 0) is 9.59 Å². The molecular weight excluding hydrogens is 352 g/mol. The lowest BCUT2D eigenvalue weighted by Gasteiger charge is -2.43. The molecule has 3 aliphatic rings. The molecule has 2 amide bonds. The van der Waals surface area contributed by atoms with Gasteiger partial charge in [0.2, 0.25) is 11.8 Å². The van der Waals surface area contributed by atoms with Gasteiger partial charge in [-0.1, -0.05) is 38.1 Å². The van der Waals surface area contributed by atoms with Gasteiger partial charge in [0.25, 0.3) is 0 Å². The SMILES string of the molecule is CC(C)c1ccc(C2CNCCN2C(=O)C2NCC(C(N)=O)CC23CC3)cc1. The number of carbonyl (C=O) groups excluding carboxylic acids is 2. The summed E-state index contributed by atoms with van der Waals surface area (Å²) in [7, 11) is 0. The van der Waals surface area contributed by atoms with Crippen molar-refractivity contribution < 1.29 is 9.59 Å². The molecule has 1 saturated carbocycles. The summed E-state index contributed by atoms with van der Waals surface area (Å²) in [4.78, 5) is 27.2. The number of benzene rings is 1. The van der Waals surface area contributed by atoms with Gasteiger partial charge in [-0.25, -0.2) is 0 Å². The van der Waals surface area contributed by atoms with Crippen LogP contribution in [0.15, 0.2) is 24.3 Å². The smallest absolute Gasteiger partial charge is 0.240 e. The third kappa shape index (κ3) is 3.55. The van der Waals surface area contributed by atoms with E-state index in [1.54, 1.807) is 0 Å². The van der Waals surface area contributed by atoms with Gasteiger partial charge in [0.05, 0.1) is 18.0 Å². The van der Waals surface area contributed by atoms with Crippen molar-refractivity contribution in [3.05, 3.63) is 35.4 Å². The zero-order valence-electron chi connectivity index (χ0n) is 16.9. The van der Waals surface area contributed by atoms with Crippen LogP contribution < -0.4 is 16.4 Å². The van der Waals surface area contributed by atoms with Gasteiger partial charge in [-0.15, -0.1) is 0 Å². The molecule has 3 unspecified atom stereocenters. The summed E-state index contributed by atoms with van der Waals surface area (Å²) in [5.41, 5.74) is 7.95. The predicted octanol–water partition coefficient (Wildman–Crippen LogP) is 1.53. The molecule has 0 bridgehead atoms. The third-order valence-electron chi connectivity index (χ3n) is 6.89. The molecule has 6 nitrogen and oxygen atoms in total. The minimum Gasteiger partial charge on any atom is -0.369 e. The van der Waals surface area contributed by atoms with Crippen LogP contribution in [0, 0.1) is 11.3 Å². The lowest BCUT2D eigenvalue weighted by atomic mass is 9.80. The van der Waals surface area contributed by atoms with E-state index in [-0.39, 0.29) is 35.2 Å². The zero-order valence-corrected chi connectivity index (χ0v) is 16.9. The fourth-order valence-corrected chi connectivity index (χ4v) is 4.90. The molecule has 3 fully saturated rings. The van der Waals surface area contributed by atoms with Crippen molar-refractivity contribution in [2.24, 2.45) is 17.1 Å². The van der Waals surface area contributed by atoms with Crippen molar-refractivity contribution in [3.8, 4) is 0 Å². The van der Waals surface area contributed by atoms with Crippen LogP contribution in [0.4, 0.5) is 0 Å². The Morgan fingerprint density at radius 3 is 2.50 bits per heavy atom. The van der Waals surface area contributed by atoms with E-state index >= 15 is 0 Å². The summed E-state index contributed by atoms with van der Waals surface area (Å²) in [6, 6.07) is 8.54. The first-order valence-corrected chi connectivity index (χ1v) is 10.5. The maximum Gasteiger partial charge on any atom is 0.240 e. The van der Waals surface area contributed by atoms with Crippen LogP contribution in [0.1, 0.15) is 56.2 Å². The fraction of sp³-hybridized carbons (Fsp3) is 0.636. The monoisotopic (exact) mass is 384 g/mol. The highest BCUT2D eigenvalue weighted by atomic mass is 16.2. The molecule has 3 atom stereocenters. The number of piperazine rings is 1. The quantitative estimate of drug-likeness (QED) is 0.735. The molecule has 4 N–H and O–H groups in total. The number of rotatable bonds is 4. The minimum atomic E-state index is -0.255. The van der Waals surface area contributed by atoms with Crippen molar-refractivity contribution in [2.75, 3.05) is 26.2 Å². The average molecular weight is 385 g/mol. The number of carbonyl (C=O) groups is 2. The average Bonchev–Trinajstić information content (AvgIpc) is 3.46. The molecule has 1 aromatic rings. The summed E-state index contributed by atoms with van der Waals surface area (Å²) >= 11 is 0. The van der Waals surface area contributed by atoms with Crippen molar-refractivity contribution in [1.82, 2.24) is 15.5 Å². The highest BCUT2D eigenvalue weighted by Gasteiger charge is 2.57. The molecule has 152 valence electrons. The standard InChI is InChI=1S/C22H32N4O2/c1-14(2)15-3-5-16(6-4-15)18-13-24-9-10-26(18)21(28)19-22(7-8-22)11-17(12-25-19)20(23)27/h3-6,14,17-19,24-25H,7-13H2,1-2H3,(H2,23,27). The number of nitrogens with zero attached hydrogens (tertiary/aromatic N) is 1. The zero-order chi connectivity index (χ0) is 19.9. The molecule has 2 aliphatic heterocycles. The molecule has 2 saturated heterocycles. The third-order valence-corrected chi connectivity index (χ3v) is 6.89. The minimum absolute atomic E-state index is 0.0499. The van der Waals surface area contributed by atoms with Crippen molar-refractivity contribution in [1.29, 1.82) is 0 Å². The van der Waals surface area contributed by atoms with E-state index in [0.29, 0.717) is 19.0 Å². The maximum atomic E-state index is 13.6. The second-order valence-corrected chi connectivity index (χ2v) is 9.08. The largest absolute Gasteiger partial charge is 0.369 e. The van der Waals surface area contributed by atoms with Crippen LogP contribution in [0.3, 0.4) is 0 Å². The lowest BCUT2D eigenvalue weighted by Crippen LogP contribution is -2.60. The van der Waals surface area contributed by atoms with Crippen LogP contribution in [0.25, 0.3) is 0 Å². The first-order valence-electron chi connectivity index (χ1n) is 10.5. The second kappa shape index (κ2) is 7.48. The maximum absolute atomic E-state index is 13.6. The van der Waals surface area contributed by atoms with Gasteiger partial charge in [-0.2, -0.15) is 0 Å². The Kier molecular flexibility index (Phi) is 5.19. The predicted molar refractivity (Wildman–Crippen MR) is 109 cm³/mol. The van der Waals surface area contributed by atoms with Crippen molar-refractivity contribution in [3.63, 3.8) is 0 Å². The lowest BCUT2D eigenvalue weighted by molar-refractivity contribution is -0.141. The molecule has 1 aliphatic carbocycles. The highest BCUT2D eigenvalue weighted by Crippen LogP contribution is 2.55. The van der Waals surface area contributed by atoms with E-state index in [1.165, 1.54) is 11.1 Å². The molecule has 6 heteroatoms. The summed E-state index contributed by atoms with van der Waals surface area (Å²) in [6.07, 6.45) is 2.74. The molecular formula is C22H32N4O2. The summed E-state index contributed by atoms with van der Waals surface area (Å²) in [5.74, 6) is 0.263. The van der Waals surface area contributed by atoms with E-state index < -0.39 is 0 Å². The Hall–Kier alpha value is -1.92. The summed E-state index contributed by atoms with van der Waals surface area (Å²) in [5, 5.41) is 6.83. The molecule has 1 aromatic carbocycles. The van der Waals surface area contributed by atoms with E-state index in [1.807, 2.05) is 4.90 Å². The van der Waals surface area contributed by atoms with Gasteiger partial charge in [-0.05, 0) is 41.7 Å². The number of hydrogen-bond donors (Lipinski definition) is 3. The van der Waals surface area contributed by atoms with E-state index in [9.17, 15) is 9.59 Å². The van der Waals surface area contributed by atoms with Gasteiger partial charge >= 0.3 is 0 Å². The number of hydrogen-bond acceptors (Lipinski definition) is 4. The Morgan fingerprint density at radius 1 is 1.18 bits per heavy atom. The Labute approximate surface area is 167 Å². The molecule has 0 radical (unpaired) electrons. The Morgan fingerprint density at radius 2 is 1.89 bits per heavy atom. The van der Waals surface area contributed by atoms with Crippen LogP contribution in [-0.4, -0.2) is 48.9 Å². The summed E-state index contributed by atoms with van der Waals surface area (Å²) in [6.45, 7) is 7.19. The number of amides is 2. The fourth-order valence-electron chi connectivity index (χ4n) is 4.90. The van der Waals surface area contributed by atoms with Gasteiger partial charge in [0, 0.05) is 26.2 Å².